The Morgan fingerprint density at radius 3 is 2.58 bits per heavy atom. The highest BCUT2D eigenvalue weighted by Crippen LogP contribution is 2.25. The molecule has 1 N–H and O–H groups in total. The lowest BCUT2D eigenvalue weighted by atomic mass is 9.98. The quantitative estimate of drug-likeness (QED) is 0.769. The van der Waals surface area contributed by atoms with Crippen molar-refractivity contribution in [2.75, 3.05) is 5.32 Å². The summed E-state index contributed by atoms with van der Waals surface area (Å²) in [6.45, 7) is 4.05. The summed E-state index contributed by atoms with van der Waals surface area (Å²) in [4.78, 5) is 16.8. The zero-order valence-electron chi connectivity index (χ0n) is 13.9. The molecular weight excluding hydrogens is 298 g/mol. The Balaban J connectivity index is 1.82. The highest BCUT2D eigenvalue weighted by molar-refractivity contribution is 5.90. The van der Waals surface area contributed by atoms with Crippen LogP contribution in [0.3, 0.4) is 0 Å². The van der Waals surface area contributed by atoms with E-state index in [1.54, 1.807) is 6.20 Å². The van der Waals surface area contributed by atoms with Crippen molar-refractivity contribution in [2.45, 2.75) is 26.3 Å². The Labute approximate surface area is 142 Å². The molecule has 1 amide bonds. The number of amides is 1. The lowest BCUT2D eigenvalue weighted by molar-refractivity contribution is -0.116. The van der Waals surface area contributed by atoms with Gasteiger partial charge >= 0.3 is 0 Å². The first-order chi connectivity index (χ1) is 11.6. The smallest absolute Gasteiger partial charge is 0.227 e. The zero-order valence-corrected chi connectivity index (χ0v) is 13.9. The number of pyridine rings is 1. The third kappa shape index (κ3) is 3.71. The molecule has 4 heteroatoms. The molecule has 24 heavy (non-hydrogen) atoms. The molecule has 0 bridgehead atoms. The normalized spacial score (nSPS) is 11.9. The molecule has 0 spiro atoms. The number of aromatic nitrogens is 2. The number of carbonyl (C=O) groups excluding carboxylic acids is 1. The van der Waals surface area contributed by atoms with Crippen LogP contribution in [0.2, 0.25) is 0 Å². The van der Waals surface area contributed by atoms with E-state index in [9.17, 15) is 4.79 Å². The van der Waals surface area contributed by atoms with Crippen LogP contribution < -0.4 is 5.32 Å². The van der Waals surface area contributed by atoms with E-state index in [0.717, 1.165) is 11.1 Å². The minimum absolute atomic E-state index is 0.0361. The lowest BCUT2D eigenvalue weighted by Gasteiger charge is -2.21. The molecule has 4 nitrogen and oxygen atoms in total. The van der Waals surface area contributed by atoms with Crippen LogP contribution in [0, 0.1) is 13.8 Å². The Morgan fingerprint density at radius 1 is 1.12 bits per heavy atom. The van der Waals surface area contributed by atoms with E-state index >= 15 is 0 Å². The second-order valence-electron chi connectivity index (χ2n) is 5.97. The molecule has 0 saturated carbocycles. The molecule has 0 aliphatic rings. The van der Waals surface area contributed by atoms with Gasteiger partial charge in [0.15, 0.2) is 0 Å². The van der Waals surface area contributed by atoms with Crippen molar-refractivity contribution in [3.05, 3.63) is 83.8 Å². The maximum Gasteiger partial charge on any atom is 0.227 e. The van der Waals surface area contributed by atoms with E-state index in [-0.39, 0.29) is 11.9 Å². The van der Waals surface area contributed by atoms with Crippen LogP contribution in [0.15, 0.2) is 67.1 Å². The van der Waals surface area contributed by atoms with E-state index in [0.29, 0.717) is 12.2 Å². The number of aryl methyl sites for hydroxylation is 2. The molecule has 1 aromatic carbocycles. The molecule has 0 aliphatic carbocycles. The fraction of sp³-hybridized carbons (Fsp3) is 0.200. The van der Waals surface area contributed by atoms with Crippen LogP contribution in [0.1, 0.15) is 29.2 Å². The second-order valence-corrected chi connectivity index (χ2v) is 5.97. The summed E-state index contributed by atoms with van der Waals surface area (Å²) in [6.07, 6.45) is 6.05. The largest absolute Gasteiger partial charge is 0.346 e. The maximum atomic E-state index is 12.5. The van der Waals surface area contributed by atoms with Gasteiger partial charge in [0.05, 0.1) is 12.5 Å². The van der Waals surface area contributed by atoms with Gasteiger partial charge in [0.25, 0.3) is 0 Å². The molecule has 0 radical (unpaired) electrons. The molecule has 3 aromatic rings. The number of carbonyl (C=O) groups is 1. The summed E-state index contributed by atoms with van der Waals surface area (Å²) >= 11 is 0. The minimum atomic E-state index is -0.0462. The second kappa shape index (κ2) is 7.13. The van der Waals surface area contributed by atoms with Crippen molar-refractivity contribution >= 4 is 11.7 Å². The number of nitrogens with one attached hydrogen (secondary N) is 1. The first kappa shape index (κ1) is 16.0. The maximum absolute atomic E-state index is 12.5. The average molecular weight is 319 g/mol. The summed E-state index contributed by atoms with van der Waals surface area (Å²) < 4.78 is 2.07. The molecule has 2 heterocycles. The van der Waals surface area contributed by atoms with Crippen molar-refractivity contribution in [3.63, 3.8) is 0 Å². The van der Waals surface area contributed by atoms with Crippen LogP contribution in [-0.4, -0.2) is 15.5 Å². The van der Waals surface area contributed by atoms with Gasteiger partial charge in [0.2, 0.25) is 5.91 Å². The SMILES string of the molecule is Cc1ccnc(NC(=O)C[C@H](c2ccccc2C)n2cccc2)c1. The van der Waals surface area contributed by atoms with Crippen LogP contribution in [0.5, 0.6) is 0 Å². The van der Waals surface area contributed by atoms with Gasteiger partial charge in [-0.2, -0.15) is 0 Å². The van der Waals surface area contributed by atoms with Gasteiger partial charge in [-0.25, -0.2) is 4.98 Å². The number of hydrogen-bond acceptors (Lipinski definition) is 2. The van der Waals surface area contributed by atoms with Crippen LogP contribution in [0.25, 0.3) is 0 Å². The Bertz CT molecular complexity index is 824. The van der Waals surface area contributed by atoms with E-state index < -0.39 is 0 Å². The van der Waals surface area contributed by atoms with Gasteiger partial charge in [-0.1, -0.05) is 24.3 Å². The van der Waals surface area contributed by atoms with Gasteiger partial charge in [-0.05, 0) is 54.8 Å². The molecule has 0 saturated heterocycles. The van der Waals surface area contributed by atoms with Gasteiger partial charge in [0, 0.05) is 18.6 Å². The molecule has 1 atom stereocenters. The predicted molar refractivity (Wildman–Crippen MR) is 96.0 cm³/mol. The Morgan fingerprint density at radius 2 is 1.88 bits per heavy atom. The van der Waals surface area contributed by atoms with Crippen molar-refractivity contribution in [1.29, 1.82) is 0 Å². The summed E-state index contributed by atoms with van der Waals surface area (Å²) in [5.74, 6) is 0.547. The van der Waals surface area contributed by atoms with E-state index in [1.165, 1.54) is 5.56 Å². The first-order valence-corrected chi connectivity index (χ1v) is 8.04. The Hall–Kier alpha value is -2.88. The van der Waals surface area contributed by atoms with E-state index in [1.807, 2.05) is 55.7 Å². The fourth-order valence-corrected chi connectivity index (χ4v) is 2.87. The number of hydrogen-bond donors (Lipinski definition) is 1. The fourth-order valence-electron chi connectivity index (χ4n) is 2.87. The van der Waals surface area contributed by atoms with Crippen molar-refractivity contribution < 1.29 is 4.79 Å². The number of nitrogens with zero attached hydrogens (tertiary/aromatic N) is 2. The van der Waals surface area contributed by atoms with Gasteiger partial charge < -0.3 is 9.88 Å². The van der Waals surface area contributed by atoms with Gasteiger partial charge in [0.1, 0.15) is 5.82 Å². The van der Waals surface area contributed by atoms with E-state index in [2.05, 4.69) is 33.9 Å². The van der Waals surface area contributed by atoms with Crippen LogP contribution >= 0.6 is 0 Å². The third-order valence-electron chi connectivity index (χ3n) is 4.10. The van der Waals surface area contributed by atoms with Crippen molar-refractivity contribution in [1.82, 2.24) is 9.55 Å². The van der Waals surface area contributed by atoms with E-state index in [4.69, 9.17) is 0 Å². The highest BCUT2D eigenvalue weighted by atomic mass is 16.1. The molecule has 3 rings (SSSR count). The molecule has 0 aliphatic heterocycles. The average Bonchev–Trinajstić information content (AvgIpc) is 3.07. The summed E-state index contributed by atoms with van der Waals surface area (Å²) in [7, 11) is 0. The topological polar surface area (TPSA) is 46.9 Å². The first-order valence-electron chi connectivity index (χ1n) is 8.04. The predicted octanol–water partition coefficient (Wildman–Crippen LogP) is 4.12. The standard InChI is InChI=1S/C20H21N3O/c1-15-9-10-21-19(13-15)22-20(24)14-18(23-11-5-6-12-23)17-8-4-3-7-16(17)2/h3-13,18H,14H2,1-2H3,(H,21,22,24)/t18-/m1/s1. The Kier molecular flexibility index (Phi) is 4.75. The monoisotopic (exact) mass is 319 g/mol. The lowest BCUT2D eigenvalue weighted by Crippen LogP contribution is -2.20. The number of rotatable bonds is 5. The molecule has 122 valence electrons. The van der Waals surface area contributed by atoms with Crippen LogP contribution in [-0.2, 0) is 4.79 Å². The van der Waals surface area contributed by atoms with Crippen LogP contribution in [0.4, 0.5) is 5.82 Å². The van der Waals surface area contributed by atoms with Gasteiger partial charge in [-0.15, -0.1) is 0 Å². The summed E-state index contributed by atoms with van der Waals surface area (Å²) in [6, 6.07) is 15.9. The molecule has 0 fully saturated rings. The zero-order chi connectivity index (χ0) is 16.9. The highest BCUT2D eigenvalue weighted by Gasteiger charge is 2.19. The summed E-state index contributed by atoms with van der Waals surface area (Å²) in [5, 5.41) is 2.90. The van der Waals surface area contributed by atoms with Gasteiger partial charge in [-0.3, -0.25) is 4.79 Å². The summed E-state index contributed by atoms with van der Waals surface area (Å²) in [5.41, 5.74) is 3.40. The van der Waals surface area contributed by atoms with Crippen molar-refractivity contribution in [3.8, 4) is 0 Å². The minimum Gasteiger partial charge on any atom is -0.346 e. The third-order valence-corrected chi connectivity index (χ3v) is 4.10. The molecular formula is C20H21N3O. The number of benzene rings is 1. The molecule has 0 unspecified atom stereocenters. The van der Waals surface area contributed by atoms with Crippen molar-refractivity contribution in [2.24, 2.45) is 0 Å². The number of anilines is 1. The molecule has 2 aromatic heterocycles.